The summed E-state index contributed by atoms with van der Waals surface area (Å²) in [6.07, 6.45) is 1.60. The zero-order valence-electron chi connectivity index (χ0n) is 10.4. The normalized spacial score (nSPS) is 20.2. The van der Waals surface area contributed by atoms with E-state index in [1.807, 2.05) is 6.07 Å². The van der Waals surface area contributed by atoms with Gasteiger partial charge in [0, 0.05) is 25.6 Å². The number of amides is 1. The Bertz CT molecular complexity index is 352. The van der Waals surface area contributed by atoms with Gasteiger partial charge < -0.3 is 5.32 Å². The van der Waals surface area contributed by atoms with Crippen molar-refractivity contribution in [2.24, 2.45) is 0 Å². The molecule has 0 radical (unpaired) electrons. The number of hydrogen-bond donors (Lipinski definition) is 1. The molecule has 17 heavy (non-hydrogen) atoms. The second kappa shape index (κ2) is 5.82. The van der Waals surface area contributed by atoms with Crippen molar-refractivity contribution in [3.05, 3.63) is 35.9 Å². The fourth-order valence-corrected chi connectivity index (χ4v) is 2.31. The van der Waals surface area contributed by atoms with Gasteiger partial charge in [-0.15, -0.1) is 0 Å². The lowest BCUT2D eigenvalue weighted by atomic mass is 10.1. The van der Waals surface area contributed by atoms with Crippen molar-refractivity contribution >= 4 is 5.91 Å². The van der Waals surface area contributed by atoms with Crippen LogP contribution in [0.4, 0.5) is 0 Å². The summed E-state index contributed by atoms with van der Waals surface area (Å²) in [6, 6.07) is 11.0. The molecule has 1 atom stereocenters. The van der Waals surface area contributed by atoms with E-state index in [2.05, 4.69) is 41.4 Å². The molecular weight excluding hydrogens is 212 g/mol. The quantitative estimate of drug-likeness (QED) is 0.845. The molecule has 1 aromatic rings. The van der Waals surface area contributed by atoms with Gasteiger partial charge in [-0.25, -0.2) is 0 Å². The van der Waals surface area contributed by atoms with Crippen molar-refractivity contribution in [1.29, 1.82) is 0 Å². The first-order valence-corrected chi connectivity index (χ1v) is 6.33. The molecule has 0 bridgehead atoms. The van der Waals surface area contributed by atoms with Gasteiger partial charge in [0.2, 0.25) is 5.91 Å². The summed E-state index contributed by atoms with van der Waals surface area (Å²) in [5.74, 6) is 0.192. The van der Waals surface area contributed by atoms with Crippen LogP contribution in [0.2, 0.25) is 0 Å². The maximum atomic E-state index is 11.3. The second-order valence-electron chi connectivity index (χ2n) is 4.58. The SMILES string of the molecule is CC(c1ccccc1)N1CCCC(=O)NCC1. The summed E-state index contributed by atoms with van der Waals surface area (Å²) in [6.45, 7) is 4.93. The number of rotatable bonds is 2. The van der Waals surface area contributed by atoms with Crippen molar-refractivity contribution < 1.29 is 4.79 Å². The Labute approximate surface area is 103 Å². The van der Waals surface area contributed by atoms with E-state index in [1.54, 1.807) is 0 Å². The highest BCUT2D eigenvalue weighted by molar-refractivity contribution is 5.75. The van der Waals surface area contributed by atoms with Crippen LogP contribution < -0.4 is 5.32 Å². The highest BCUT2D eigenvalue weighted by atomic mass is 16.1. The number of nitrogens with one attached hydrogen (secondary N) is 1. The lowest BCUT2D eigenvalue weighted by molar-refractivity contribution is -0.121. The fraction of sp³-hybridized carbons (Fsp3) is 0.500. The highest BCUT2D eigenvalue weighted by Gasteiger charge is 2.17. The minimum absolute atomic E-state index is 0.192. The van der Waals surface area contributed by atoms with Crippen LogP contribution in [0.15, 0.2) is 30.3 Å². The minimum atomic E-state index is 0.192. The Morgan fingerprint density at radius 2 is 2.00 bits per heavy atom. The van der Waals surface area contributed by atoms with Crippen molar-refractivity contribution in [2.45, 2.75) is 25.8 Å². The largest absolute Gasteiger partial charge is 0.355 e. The van der Waals surface area contributed by atoms with Crippen LogP contribution in [0.5, 0.6) is 0 Å². The van der Waals surface area contributed by atoms with Crippen LogP contribution in [0, 0.1) is 0 Å². The Hall–Kier alpha value is -1.35. The molecule has 0 spiro atoms. The predicted octanol–water partition coefficient (Wildman–Crippen LogP) is 1.96. The third-order valence-corrected chi connectivity index (χ3v) is 3.40. The van der Waals surface area contributed by atoms with Crippen molar-refractivity contribution in [3.63, 3.8) is 0 Å². The monoisotopic (exact) mass is 232 g/mol. The Morgan fingerprint density at radius 3 is 2.76 bits per heavy atom. The first kappa shape index (κ1) is 12.1. The molecule has 1 saturated heterocycles. The molecule has 0 aromatic heterocycles. The predicted molar refractivity (Wildman–Crippen MR) is 68.7 cm³/mol. The van der Waals surface area contributed by atoms with E-state index in [9.17, 15) is 4.79 Å². The number of carbonyl (C=O) groups is 1. The maximum absolute atomic E-state index is 11.3. The molecule has 2 rings (SSSR count). The van der Waals surface area contributed by atoms with Crippen LogP contribution >= 0.6 is 0 Å². The third kappa shape index (κ3) is 3.30. The Kier molecular flexibility index (Phi) is 4.15. The average Bonchev–Trinajstić information content (AvgIpc) is 2.34. The summed E-state index contributed by atoms with van der Waals surface area (Å²) in [7, 11) is 0. The van der Waals surface area contributed by atoms with Crippen molar-refractivity contribution in [3.8, 4) is 0 Å². The molecule has 1 aliphatic rings. The summed E-state index contributed by atoms with van der Waals surface area (Å²) in [4.78, 5) is 13.7. The van der Waals surface area contributed by atoms with Gasteiger partial charge in [0.1, 0.15) is 0 Å². The van der Waals surface area contributed by atoms with E-state index < -0.39 is 0 Å². The molecule has 1 N–H and O–H groups in total. The van der Waals surface area contributed by atoms with E-state index in [0.29, 0.717) is 12.5 Å². The van der Waals surface area contributed by atoms with Gasteiger partial charge in [0.05, 0.1) is 0 Å². The molecule has 0 aliphatic carbocycles. The van der Waals surface area contributed by atoms with E-state index >= 15 is 0 Å². The summed E-state index contributed by atoms with van der Waals surface area (Å²) in [5.41, 5.74) is 1.35. The minimum Gasteiger partial charge on any atom is -0.355 e. The summed E-state index contributed by atoms with van der Waals surface area (Å²) < 4.78 is 0. The molecular formula is C14H20N2O. The number of benzene rings is 1. The Morgan fingerprint density at radius 1 is 1.24 bits per heavy atom. The van der Waals surface area contributed by atoms with E-state index in [0.717, 1.165) is 26.1 Å². The van der Waals surface area contributed by atoms with Crippen LogP contribution in [0.25, 0.3) is 0 Å². The highest BCUT2D eigenvalue weighted by Crippen LogP contribution is 2.20. The van der Waals surface area contributed by atoms with Gasteiger partial charge in [-0.05, 0) is 25.5 Å². The molecule has 1 amide bonds. The zero-order valence-corrected chi connectivity index (χ0v) is 10.4. The lowest BCUT2D eigenvalue weighted by Gasteiger charge is -2.31. The van der Waals surface area contributed by atoms with Crippen molar-refractivity contribution in [2.75, 3.05) is 19.6 Å². The standard InChI is InChI=1S/C14H20N2O/c1-12(13-6-3-2-4-7-13)16-10-5-8-14(17)15-9-11-16/h2-4,6-7,12H,5,8-11H2,1H3,(H,15,17). The van der Waals surface area contributed by atoms with Gasteiger partial charge in [0.25, 0.3) is 0 Å². The molecule has 92 valence electrons. The average molecular weight is 232 g/mol. The van der Waals surface area contributed by atoms with E-state index in [1.165, 1.54) is 5.56 Å². The molecule has 1 heterocycles. The summed E-state index contributed by atoms with van der Waals surface area (Å²) >= 11 is 0. The first-order chi connectivity index (χ1) is 8.27. The van der Waals surface area contributed by atoms with Crippen LogP contribution in [-0.4, -0.2) is 30.4 Å². The molecule has 3 heteroatoms. The van der Waals surface area contributed by atoms with Crippen LogP contribution in [-0.2, 0) is 4.79 Å². The van der Waals surface area contributed by atoms with Gasteiger partial charge in [-0.2, -0.15) is 0 Å². The number of nitrogens with zero attached hydrogens (tertiary/aromatic N) is 1. The third-order valence-electron chi connectivity index (χ3n) is 3.40. The topological polar surface area (TPSA) is 32.3 Å². The molecule has 1 aromatic carbocycles. The second-order valence-corrected chi connectivity index (χ2v) is 4.58. The molecule has 1 aliphatic heterocycles. The molecule has 1 unspecified atom stereocenters. The van der Waals surface area contributed by atoms with E-state index in [-0.39, 0.29) is 5.91 Å². The summed E-state index contributed by atoms with van der Waals surface area (Å²) in [5, 5.41) is 2.94. The van der Waals surface area contributed by atoms with Crippen LogP contribution in [0.3, 0.4) is 0 Å². The van der Waals surface area contributed by atoms with Crippen molar-refractivity contribution in [1.82, 2.24) is 10.2 Å². The lowest BCUT2D eigenvalue weighted by Crippen LogP contribution is -2.39. The molecule has 1 fully saturated rings. The van der Waals surface area contributed by atoms with Gasteiger partial charge in [0.15, 0.2) is 0 Å². The van der Waals surface area contributed by atoms with Gasteiger partial charge in [-0.1, -0.05) is 30.3 Å². The number of hydrogen-bond acceptors (Lipinski definition) is 2. The van der Waals surface area contributed by atoms with Gasteiger partial charge in [-0.3, -0.25) is 9.69 Å². The fourth-order valence-electron chi connectivity index (χ4n) is 2.31. The zero-order chi connectivity index (χ0) is 12.1. The smallest absolute Gasteiger partial charge is 0.220 e. The Balaban J connectivity index is 1.99. The molecule has 3 nitrogen and oxygen atoms in total. The first-order valence-electron chi connectivity index (χ1n) is 6.33. The molecule has 0 saturated carbocycles. The maximum Gasteiger partial charge on any atom is 0.220 e. The number of carbonyl (C=O) groups excluding carboxylic acids is 1. The van der Waals surface area contributed by atoms with Crippen LogP contribution in [0.1, 0.15) is 31.4 Å². The van der Waals surface area contributed by atoms with E-state index in [4.69, 9.17) is 0 Å². The van der Waals surface area contributed by atoms with Gasteiger partial charge >= 0.3 is 0 Å².